The van der Waals surface area contributed by atoms with Crippen molar-refractivity contribution in [3.05, 3.63) is 48.0 Å². The van der Waals surface area contributed by atoms with E-state index in [-0.39, 0.29) is 36.7 Å². The monoisotopic (exact) mass is 394 g/mol. The smallest absolute Gasteiger partial charge is 0.308 e. The van der Waals surface area contributed by atoms with Crippen LogP contribution in [0.1, 0.15) is 30.7 Å². The number of likely N-dealkylation sites (tertiary alicyclic amines) is 1. The summed E-state index contributed by atoms with van der Waals surface area (Å²) in [5, 5.41) is 11.6. The Morgan fingerprint density at radius 2 is 1.90 bits per heavy atom. The highest BCUT2D eigenvalue weighted by Crippen LogP contribution is 2.50. The van der Waals surface area contributed by atoms with E-state index in [4.69, 9.17) is 0 Å². The molecule has 1 heterocycles. The Bertz CT molecular complexity index is 952. The van der Waals surface area contributed by atoms with Crippen molar-refractivity contribution in [1.29, 1.82) is 0 Å². The molecule has 1 saturated heterocycles. The van der Waals surface area contributed by atoms with Crippen LogP contribution < -0.4 is 0 Å². The molecule has 29 heavy (non-hydrogen) atoms. The normalized spacial score (nSPS) is 23.6. The zero-order valence-corrected chi connectivity index (χ0v) is 16.6. The van der Waals surface area contributed by atoms with Gasteiger partial charge in [-0.05, 0) is 41.5 Å². The van der Waals surface area contributed by atoms with Gasteiger partial charge in [0.2, 0.25) is 11.8 Å². The Balaban J connectivity index is 1.38. The van der Waals surface area contributed by atoms with E-state index in [2.05, 4.69) is 24.3 Å². The van der Waals surface area contributed by atoms with Gasteiger partial charge in [-0.15, -0.1) is 0 Å². The minimum Gasteiger partial charge on any atom is -0.481 e. The molecule has 6 nitrogen and oxygen atoms in total. The van der Waals surface area contributed by atoms with E-state index in [1.807, 2.05) is 18.2 Å². The van der Waals surface area contributed by atoms with E-state index in [0.29, 0.717) is 19.4 Å². The molecule has 6 heteroatoms. The molecule has 2 aliphatic rings. The zero-order valence-electron chi connectivity index (χ0n) is 16.6. The van der Waals surface area contributed by atoms with Gasteiger partial charge in [-0.3, -0.25) is 14.4 Å². The third kappa shape index (κ3) is 3.97. The van der Waals surface area contributed by atoms with Gasteiger partial charge in [0.1, 0.15) is 0 Å². The molecule has 1 aliphatic heterocycles. The Kier molecular flexibility index (Phi) is 5.26. The summed E-state index contributed by atoms with van der Waals surface area (Å²) in [6.07, 6.45) is 2.09. The first-order valence-corrected chi connectivity index (χ1v) is 10.2. The molecule has 2 amide bonds. The SMILES string of the molecule is CN(CC(=O)N1CCCC(C(=O)O)C1)C(=O)C1CC1c1cccc2ccccc12. The van der Waals surface area contributed by atoms with Crippen molar-refractivity contribution in [3.63, 3.8) is 0 Å². The average molecular weight is 394 g/mol. The summed E-state index contributed by atoms with van der Waals surface area (Å²) >= 11 is 0. The van der Waals surface area contributed by atoms with Crippen molar-refractivity contribution in [3.8, 4) is 0 Å². The molecule has 152 valence electrons. The molecule has 2 fully saturated rings. The van der Waals surface area contributed by atoms with Crippen molar-refractivity contribution < 1.29 is 19.5 Å². The lowest BCUT2D eigenvalue weighted by atomic mass is 9.98. The molecule has 1 saturated carbocycles. The lowest BCUT2D eigenvalue weighted by Crippen LogP contribution is -2.47. The quantitative estimate of drug-likeness (QED) is 0.846. The van der Waals surface area contributed by atoms with Crippen molar-refractivity contribution in [2.75, 3.05) is 26.7 Å². The van der Waals surface area contributed by atoms with Crippen molar-refractivity contribution in [2.24, 2.45) is 11.8 Å². The second kappa shape index (κ2) is 7.85. The highest BCUT2D eigenvalue weighted by Gasteiger charge is 2.46. The number of hydrogen-bond donors (Lipinski definition) is 1. The van der Waals surface area contributed by atoms with Crippen molar-refractivity contribution in [2.45, 2.75) is 25.2 Å². The van der Waals surface area contributed by atoms with E-state index in [9.17, 15) is 19.5 Å². The van der Waals surface area contributed by atoms with Crippen LogP contribution in [0.4, 0.5) is 0 Å². The van der Waals surface area contributed by atoms with Crippen LogP contribution in [-0.4, -0.2) is 59.4 Å². The molecule has 1 N–H and O–H groups in total. The van der Waals surface area contributed by atoms with E-state index in [0.717, 1.165) is 6.42 Å². The molecule has 2 aromatic carbocycles. The van der Waals surface area contributed by atoms with Crippen LogP contribution in [0.5, 0.6) is 0 Å². The number of hydrogen-bond acceptors (Lipinski definition) is 3. The molecular weight excluding hydrogens is 368 g/mol. The number of carbonyl (C=O) groups excluding carboxylic acids is 2. The number of carboxylic acids is 1. The minimum atomic E-state index is -0.858. The van der Waals surface area contributed by atoms with Crippen LogP contribution in [0.2, 0.25) is 0 Å². The zero-order chi connectivity index (χ0) is 20.5. The van der Waals surface area contributed by atoms with Crippen LogP contribution in [-0.2, 0) is 14.4 Å². The predicted octanol–water partition coefficient (Wildman–Crippen LogP) is 2.72. The number of benzene rings is 2. The summed E-state index contributed by atoms with van der Waals surface area (Å²) in [4.78, 5) is 39.8. The fraction of sp³-hybridized carbons (Fsp3) is 0.435. The van der Waals surface area contributed by atoms with Crippen LogP contribution >= 0.6 is 0 Å². The standard InChI is InChI=1S/C23H26N2O4/c1-24(14-21(26)25-11-5-8-16(13-25)23(28)29)22(27)20-12-19(20)18-10-4-7-15-6-2-3-9-17(15)18/h2-4,6-7,9-10,16,19-20H,5,8,11-14H2,1H3,(H,28,29). The van der Waals surface area contributed by atoms with Gasteiger partial charge in [-0.25, -0.2) is 0 Å². The molecule has 0 radical (unpaired) electrons. The maximum atomic E-state index is 12.9. The van der Waals surface area contributed by atoms with Gasteiger partial charge >= 0.3 is 5.97 Å². The van der Waals surface area contributed by atoms with Crippen molar-refractivity contribution in [1.82, 2.24) is 9.80 Å². The molecule has 2 aromatic rings. The molecule has 4 rings (SSSR count). The Morgan fingerprint density at radius 3 is 2.69 bits per heavy atom. The molecule has 3 unspecified atom stereocenters. The number of piperidine rings is 1. The third-order valence-corrected chi connectivity index (χ3v) is 6.20. The topological polar surface area (TPSA) is 77.9 Å². The maximum absolute atomic E-state index is 12.9. The van der Waals surface area contributed by atoms with Gasteiger partial charge in [0.25, 0.3) is 0 Å². The van der Waals surface area contributed by atoms with Crippen LogP contribution in [0, 0.1) is 11.8 Å². The molecule has 0 spiro atoms. The summed E-state index contributed by atoms with van der Waals surface area (Å²) in [6, 6.07) is 14.4. The number of aliphatic carboxylic acids is 1. The summed E-state index contributed by atoms with van der Waals surface area (Å²) in [7, 11) is 1.66. The summed E-state index contributed by atoms with van der Waals surface area (Å²) in [5.74, 6) is -1.45. The second-order valence-corrected chi connectivity index (χ2v) is 8.23. The first-order valence-electron chi connectivity index (χ1n) is 10.2. The van der Waals surface area contributed by atoms with Gasteiger partial charge in [-0.1, -0.05) is 42.5 Å². The van der Waals surface area contributed by atoms with Gasteiger partial charge in [0.05, 0.1) is 12.5 Å². The highest BCUT2D eigenvalue weighted by molar-refractivity contribution is 5.91. The van der Waals surface area contributed by atoms with Gasteiger partial charge in [0.15, 0.2) is 0 Å². The first kappa shape index (κ1) is 19.4. The number of carboxylic acid groups (broad SMARTS) is 1. The molecular formula is C23H26N2O4. The fourth-order valence-electron chi connectivity index (χ4n) is 4.45. The number of rotatable bonds is 5. The predicted molar refractivity (Wildman–Crippen MR) is 109 cm³/mol. The number of likely N-dealkylation sites (N-methyl/N-ethyl adjacent to an activating group) is 1. The Labute approximate surface area is 170 Å². The summed E-state index contributed by atoms with van der Waals surface area (Å²) in [6.45, 7) is 0.800. The van der Waals surface area contributed by atoms with Gasteiger partial charge < -0.3 is 14.9 Å². The average Bonchev–Trinajstić information content (AvgIpc) is 3.53. The minimum absolute atomic E-state index is 0.00390. The summed E-state index contributed by atoms with van der Waals surface area (Å²) in [5.41, 5.74) is 1.20. The molecule has 0 bridgehead atoms. The summed E-state index contributed by atoms with van der Waals surface area (Å²) < 4.78 is 0. The third-order valence-electron chi connectivity index (χ3n) is 6.20. The maximum Gasteiger partial charge on any atom is 0.308 e. The van der Waals surface area contributed by atoms with Crippen molar-refractivity contribution >= 4 is 28.6 Å². The number of carbonyl (C=O) groups is 3. The van der Waals surface area contributed by atoms with Crippen LogP contribution in [0.15, 0.2) is 42.5 Å². The lowest BCUT2D eigenvalue weighted by molar-refractivity contribution is -0.147. The number of nitrogens with zero attached hydrogens (tertiary/aromatic N) is 2. The fourth-order valence-corrected chi connectivity index (χ4v) is 4.45. The van der Waals surface area contributed by atoms with Gasteiger partial charge in [0, 0.05) is 26.1 Å². The molecule has 0 aromatic heterocycles. The number of fused-ring (bicyclic) bond motifs is 1. The highest BCUT2D eigenvalue weighted by atomic mass is 16.4. The largest absolute Gasteiger partial charge is 0.481 e. The van der Waals surface area contributed by atoms with E-state index < -0.39 is 11.9 Å². The van der Waals surface area contributed by atoms with Crippen LogP contribution in [0.25, 0.3) is 10.8 Å². The molecule has 1 aliphatic carbocycles. The van der Waals surface area contributed by atoms with E-state index in [1.165, 1.54) is 21.2 Å². The first-order chi connectivity index (χ1) is 14.0. The Morgan fingerprint density at radius 1 is 1.14 bits per heavy atom. The second-order valence-electron chi connectivity index (χ2n) is 8.23. The van der Waals surface area contributed by atoms with Gasteiger partial charge in [-0.2, -0.15) is 0 Å². The van der Waals surface area contributed by atoms with E-state index >= 15 is 0 Å². The Hall–Kier alpha value is -2.89. The lowest BCUT2D eigenvalue weighted by Gasteiger charge is -2.32. The molecule has 3 atom stereocenters. The van der Waals surface area contributed by atoms with Crippen LogP contribution in [0.3, 0.4) is 0 Å². The van der Waals surface area contributed by atoms with E-state index in [1.54, 1.807) is 11.9 Å². The number of amides is 2.